The molecule has 0 rings (SSSR count). The van der Waals surface area contributed by atoms with Gasteiger partial charge in [-0.2, -0.15) is 13.2 Å². The van der Waals surface area contributed by atoms with Gasteiger partial charge >= 0.3 is 12.1 Å². The van der Waals surface area contributed by atoms with E-state index in [0.717, 1.165) is 7.11 Å². The highest BCUT2D eigenvalue weighted by Gasteiger charge is 2.46. The average molecular weight is 236 g/mol. The number of carbonyl (C=O) groups excluding carboxylic acids is 1. The van der Waals surface area contributed by atoms with E-state index >= 15 is 0 Å². The zero-order chi connectivity index (χ0) is 11.4. The highest BCUT2D eigenvalue weighted by Crippen LogP contribution is 2.27. The van der Waals surface area contributed by atoms with Crippen molar-refractivity contribution in [2.24, 2.45) is 5.92 Å². The molecule has 0 aliphatic heterocycles. The fourth-order valence-corrected chi connectivity index (χ4v) is 0.845. The molecule has 0 N–H and O–H groups in total. The van der Waals surface area contributed by atoms with E-state index in [4.69, 9.17) is 0 Å². The Morgan fingerprint density at radius 1 is 1.43 bits per heavy atom. The molecule has 5 nitrogen and oxygen atoms in total. The predicted octanol–water partition coefficient (Wildman–Crippen LogP) is -0.119. The van der Waals surface area contributed by atoms with Gasteiger partial charge in [-0.15, -0.1) is 0 Å². The average Bonchev–Trinajstić information content (AvgIpc) is 2.01. The zero-order valence-corrected chi connectivity index (χ0v) is 7.80. The van der Waals surface area contributed by atoms with Crippen LogP contribution in [-0.4, -0.2) is 34.3 Å². The Morgan fingerprint density at radius 2 is 1.93 bits per heavy atom. The second-order valence-corrected chi connectivity index (χ2v) is 2.84. The van der Waals surface area contributed by atoms with E-state index in [1.807, 2.05) is 0 Å². The van der Waals surface area contributed by atoms with E-state index in [0.29, 0.717) is 0 Å². The van der Waals surface area contributed by atoms with Crippen LogP contribution in [0.15, 0.2) is 0 Å². The van der Waals surface area contributed by atoms with Gasteiger partial charge in [-0.05, 0) is 0 Å². The summed E-state index contributed by atoms with van der Waals surface area (Å²) in [5.74, 6) is -4.17. The molecular weight excluding hydrogens is 229 g/mol. The van der Waals surface area contributed by atoms with Gasteiger partial charge in [-0.25, -0.2) is 8.42 Å². The van der Waals surface area contributed by atoms with Gasteiger partial charge in [0.15, 0.2) is 5.92 Å². The molecule has 0 unspecified atom stereocenters. The normalized spacial score (nSPS) is 14.1. The second kappa shape index (κ2) is 5.15. The van der Waals surface area contributed by atoms with Gasteiger partial charge in [0.2, 0.25) is 0 Å². The van der Waals surface area contributed by atoms with Crippen LogP contribution in [0.1, 0.15) is 0 Å². The SMILES string of the molecule is COC(=O)[C@@H](CO[SH](=O)=O)C(F)(F)F. The first-order valence-corrected chi connectivity index (χ1v) is 4.30. The Hall–Kier alpha value is -0.830. The zero-order valence-electron chi connectivity index (χ0n) is 6.91. The van der Waals surface area contributed by atoms with Gasteiger partial charge in [0.1, 0.15) is 0 Å². The Morgan fingerprint density at radius 3 is 2.21 bits per heavy atom. The molecule has 84 valence electrons. The number of methoxy groups -OCH3 is 1. The third-order valence-corrected chi connectivity index (χ3v) is 1.59. The quantitative estimate of drug-likeness (QED) is 0.544. The monoisotopic (exact) mass is 236 g/mol. The number of carbonyl (C=O) groups is 1. The fraction of sp³-hybridized carbons (Fsp3) is 0.800. The summed E-state index contributed by atoms with van der Waals surface area (Å²) in [5.41, 5.74) is 0. The maximum atomic E-state index is 12.0. The summed E-state index contributed by atoms with van der Waals surface area (Å²) >= 11 is 0. The molecule has 0 bridgehead atoms. The number of rotatable bonds is 4. The van der Waals surface area contributed by atoms with E-state index in [2.05, 4.69) is 8.92 Å². The minimum atomic E-state index is -4.89. The summed E-state index contributed by atoms with van der Waals surface area (Å²) in [6.07, 6.45) is -4.89. The highest BCUT2D eigenvalue weighted by molar-refractivity contribution is 7.67. The van der Waals surface area contributed by atoms with Gasteiger partial charge in [-0.1, -0.05) is 0 Å². The lowest BCUT2D eigenvalue weighted by molar-refractivity contribution is -0.200. The van der Waals surface area contributed by atoms with Crippen molar-refractivity contribution in [1.82, 2.24) is 0 Å². The van der Waals surface area contributed by atoms with Crippen molar-refractivity contribution < 1.29 is 35.3 Å². The highest BCUT2D eigenvalue weighted by atomic mass is 32.2. The summed E-state index contributed by atoms with van der Waals surface area (Å²) in [4.78, 5) is 10.6. The van der Waals surface area contributed by atoms with Gasteiger partial charge in [0, 0.05) is 0 Å². The molecule has 0 heterocycles. The van der Waals surface area contributed by atoms with Crippen molar-refractivity contribution >= 4 is 17.0 Å². The third-order valence-electron chi connectivity index (χ3n) is 1.23. The topological polar surface area (TPSA) is 69.7 Å². The first kappa shape index (κ1) is 13.2. The summed E-state index contributed by atoms with van der Waals surface area (Å²) in [6.45, 7) is -1.30. The van der Waals surface area contributed by atoms with E-state index in [-0.39, 0.29) is 0 Å². The Kier molecular flexibility index (Phi) is 4.85. The molecule has 0 aromatic heterocycles. The molecule has 0 aromatic carbocycles. The minimum absolute atomic E-state index is 0.762. The van der Waals surface area contributed by atoms with E-state index in [1.165, 1.54) is 0 Å². The molecule has 0 aromatic rings. The molecule has 9 heteroatoms. The summed E-state index contributed by atoms with van der Waals surface area (Å²) in [5, 5.41) is 0. The molecule has 0 saturated carbocycles. The molecule has 14 heavy (non-hydrogen) atoms. The van der Waals surface area contributed by atoms with Crippen LogP contribution in [0.3, 0.4) is 0 Å². The van der Waals surface area contributed by atoms with E-state index < -0.39 is 35.7 Å². The summed E-state index contributed by atoms with van der Waals surface area (Å²) in [6, 6.07) is 0. The molecule has 0 aliphatic rings. The van der Waals surface area contributed by atoms with Crippen LogP contribution in [0.4, 0.5) is 13.2 Å². The maximum absolute atomic E-state index is 12.0. The lowest BCUT2D eigenvalue weighted by Gasteiger charge is -2.15. The predicted molar refractivity (Wildman–Crippen MR) is 37.8 cm³/mol. The van der Waals surface area contributed by atoms with Gasteiger partial charge < -0.3 is 4.74 Å². The molecule has 0 aliphatic carbocycles. The van der Waals surface area contributed by atoms with Crippen LogP contribution in [0.5, 0.6) is 0 Å². The smallest absolute Gasteiger partial charge is 0.404 e. The Balaban J connectivity index is 4.49. The van der Waals surface area contributed by atoms with Crippen molar-refractivity contribution in [3.63, 3.8) is 0 Å². The van der Waals surface area contributed by atoms with Crippen molar-refractivity contribution in [3.05, 3.63) is 0 Å². The Bertz CT molecular complexity index is 263. The molecule has 0 fully saturated rings. The first-order valence-electron chi connectivity index (χ1n) is 3.21. The van der Waals surface area contributed by atoms with Crippen LogP contribution in [0.2, 0.25) is 0 Å². The van der Waals surface area contributed by atoms with Crippen LogP contribution in [0.25, 0.3) is 0 Å². The third kappa shape index (κ3) is 4.42. The largest absolute Gasteiger partial charge is 0.468 e. The number of thiol groups is 1. The van der Waals surface area contributed by atoms with E-state index in [1.54, 1.807) is 0 Å². The maximum Gasteiger partial charge on any atom is 0.404 e. The number of hydrogen-bond acceptors (Lipinski definition) is 5. The van der Waals surface area contributed by atoms with Gasteiger partial charge in [0.25, 0.3) is 11.0 Å². The van der Waals surface area contributed by atoms with Crippen LogP contribution >= 0.6 is 0 Å². The lowest BCUT2D eigenvalue weighted by Crippen LogP contribution is -2.35. The minimum Gasteiger partial charge on any atom is -0.468 e. The van der Waals surface area contributed by atoms with Crippen molar-refractivity contribution in [2.45, 2.75) is 6.18 Å². The number of halogens is 3. The molecule has 0 spiro atoms. The van der Waals surface area contributed by atoms with Crippen LogP contribution < -0.4 is 0 Å². The summed E-state index contributed by atoms with van der Waals surface area (Å²) < 4.78 is 63.3. The van der Waals surface area contributed by atoms with Crippen molar-refractivity contribution in [2.75, 3.05) is 13.7 Å². The van der Waals surface area contributed by atoms with Crippen LogP contribution in [-0.2, 0) is 24.7 Å². The van der Waals surface area contributed by atoms with Crippen molar-refractivity contribution in [3.8, 4) is 0 Å². The number of ether oxygens (including phenoxy) is 1. The molecule has 0 radical (unpaired) electrons. The first-order chi connectivity index (χ1) is 6.29. The number of alkyl halides is 3. The fourth-order valence-electron chi connectivity index (χ4n) is 0.574. The molecular formula is C5H7F3O5S. The summed E-state index contributed by atoms with van der Waals surface area (Å²) in [7, 11) is -2.66. The van der Waals surface area contributed by atoms with Crippen molar-refractivity contribution in [1.29, 1.82) is 0 Å². The second-order valence-electron chi connectivity index (χ2n) is 2.14. The van der Waals surface area contributed by atoms with Gasteiger partial charge in [0.05, 0.1) is 13.7 Å². The molecule has 0 amide bonds. The van der Waals surface area contributed by atoms with E-state index in [9.17, 15) is 26.4 Å². The Labute approximate surface area is 79.0 Å². The van der Waals surface area contributed by atoms with Gasteiger partial charge in [-0.3, -0.25) is 8.98 Å². The molecule has 1 atom stereocenters. The standard InChI is InChI=1S/C5H7F3O5S/c1-12-4(9)3(5(6,7)8)2-13-14(10)11/h3,14H,2H2,1H3/t3-/m1/s1. The number of hydrogen-bond donors (Lipinski definition) is 1. The molecule has 0 saturated heterocycles. The number of esters is 1. The lowest BCUT2D eigenvalue weighted by atomic mass is 10.1. The van der Waals surface area contributed by atoms with Crippen LogP contribution in [0, 0.1) is 5.92 Å².